The van der Waals surface area contributed by atoms with Gasteiger partial charge < -0.3 is 14.5 Å². The first-order valence-electron chi connectivity index (χ1n) is 6.57. The van der Waals surface area contributed by atoms with Crippen LogP contribution in [0.2, 0.25) is 0 Å². The lowest BCUT2D eigenvalue weighted by atomic mass is 10.2. The van der Waals surface area contributed by atoms with Crippen LogP contribution in [0.25, 0.3) is 0 Å². The summed E-state index contributed by atoms with van der Waals surface area (Å²) in [6.45, 7) is 9.87. The second-order valence-corrected chi connectivity index (χ2v) is 4.80. The van der Waals surface area contributed by atoms with Crippen molar-refractivity contribution in [3.05, 3.63) is 23.7 Å². The lowest BCUT2D eigenvalue weighted by Crippen LogP contribution is -2.19. The van der Waals surface area contributed by atoms with Gasteiger partial charge in [0, 0.05) is 18.7 Å². The predicted octanol–water partition coefficient (Wildman–Crippen LogP) is 3.34. The van der Waals surface area contributed by atoms with E-state index in [1.807, 2.05) is 6.07 Å². The van der Waals surface area contributed by atoms with Gasteiger partial charge in [0.2, 0.25) is 0 Å². The summed E-state index contributed by atoms with van der Waals surface area (Å²) in [7, 11) is 0. The van der Waals surface area contributed by atoms with Crippen molar-refractivity contribution in [1.29, 1.82) is 0 Å². The highest BCUT2D eigenvalue weighted by atomic mass is 16.5. The number of unbranched alkanes of at least 4 members (excludes halogenated alkanes) is 1. The molecule has 0 spiro atoms. The largest absolute Gasteiger partial charge is 0.467 e. The molecule has 0 aliphatic heterocycles. The summed E-state index contributed by atoms with van der Waals surface area (Å²) in [6, 6.07) is 2.02. The van der Waals surface area contributed by atoms with Crippen molar-refractivity contribution in [1.82, 2.24) is 5.32 Å². The standard InChI is InChI=1S/C14H25NO2/c1-4-5-7-16-11-14-13(6-8-17-14)10-15-9-12(2)3/h6,8,12,15H,4-5,7,9-11H2,1-3H3. The van der Waals surface area contributed by atoms with Crippen molar-refractivity contribution in [2.24, 2.45) is 5.92 Å². The molecule has 1 aromatic heterocycles. The van der Waals surface area contributed by atoms with Crippen LogP contribution >= 0.6 is 0 Å². The van der Waals surface area contributed by atoms with Crippen LogP contribution < -0.4 is 5.32 Å². The van der Waals surface area contributed by atoms with E-state index in [-0.39, 0.29) is 0 Å². The topological polar surface area (TPSA) is 34.4 Å². The molecule has 98 valence electrons. The number of hydrogen-bond acceptors (Lipinski definition) is 3. The highest BCUT2D eigenvalue weighted by Crippen LogP contribution is 2.12. The van der Waals surface area contributed by atoms with Crippen molar-refractivity contribution in [2.75, 3.05) is 13.2 Å². The van der Waals surface area contributed by atoms with Gasteiger partial charge in [-0.3, -0.25) is 0 Å². The Morgan fingerprint density at radius 2 is 2.24 bits per heavy atom. The minimum atomic E-state index is 0.589. The Kier molecular flexibility index (Phi) is 6.97. The highest BCUT2D eigenvalue weighted by molar-refractivity contribution is 5.16. The molecule has 0 aliphatic rings. The molecule has 17 heavy (non-hydrogen) atoms. The van der Waals surface area contributed by atoms with Gasteiger partial charge in [0.1, 0.15) is 12.4 Å². The van der Waals surface area contributed by atoms with Crippen LogP contribution in [0.15, 0.2) is 16.7 Å². The summed E-state index contributed by atoms with van der Waals surface area (Å²) < 4.78 is 11.0. The molecule has 0 aliphatic carbocycles. The van der Waals surface area contributed by atoms with Gasteiger partial charge in [-0.1, -0.05) is 27.2 Å². The molecule has 0 aromatic carbocycles. The van der Waals surface area contributed by atoms with Crippen LogP contribution in [0.3, 0.4) is 0 Å². The monoisotopic (exact) mass is 239 g/mol. The molecule has 0 unspecified atom stereocenters. The smallest absolute Gasteiger partial charge is 0.133 e. The van der Waals surface area contributed by atoms with Crippen LogP contribution in [0.1, 0.15) is 44.9 Å². The number of ether oxygens (including phenoxy) is 1. The molecule has 1 heterocycles. The molecule has 1 rings (SSSR count). The minimum Gasteiger partial charge on any atom is -0.467 e. The van der Waals surface area contributed by atoms with Crippen molar-refractivity contribution in [3.8, 4) is 0 Å². The maximum absolute atomic E-state index is 5.56. The molecule has 3 heteroatoms. The van der Waals surface area contributed by atoms with E-state index in [1.165, 1.54) is 12.0 Å². The van der Waals surface area contributed by atoms with Gasteiger partial charge in [-0.05, 0) is 24.9 Å². The lowest BCUT2D eigenvalue weighted by Gasteiger charge is -2.07. The van der Waals surface area contributed by atoms with E-state index in [0.717, 1.165) is 31.9 Å². The van der Waals surface area contributed by atoms with Crippen LogP contribution in [0.5, 0.6) is 0 Å². The van der Waals surface area contributed by atoms with Crippen molar-refractivity contribution >= 4 is 0 Å². The summed E-state index contributed by atoms with van der Waals surface area (Å²) in [4.78, 5) is 0. The van der Waals surface area contributed by atoms with Crippen LogP contribution in [0.4, 0.5) is 0 Å². The fraction of sp³-hybridized carbons (Fsp3) is 0.714. The van der Waals surface area contributed by atoms with E-state index < -0.39 is 0 Å². The van der Waals surface area contributed by atoms with Gasteiger partial charge >= 0.3 is 0 Å². The fourth-order valence-electron chi connectivity index (χ4n) is 1.56. The van der Waals surface area contributed by atoms with Crippen LogP contribution in [0, 0.1) is 5.92 Å². The van der Waals surface area contributed by atoms with Crippen molar-refractivity contribution < 1.29 is 9.15 Å². The third-order valence-electron chi connectivity index (χ3n) is 2.58. The number of nitrogens with one attached hydrogen (secondary N) is 1. The van der Waals surface area contributed by atoms with E-state index in [0.29, 0.717) is 12.5 Å². The average molecular weight is 239 g/mol. The molecule has 0 bridgehead atoms. The molecule has 0 radical (unpaired) electrons. The number of hydrogen-bond donors (Lipinski definition) is 1. The maximum atomic E-state index is 5.56. The molecule has 1 aromatic rings. The summed E-state index contributed by atoms with van der Waals surface area (Å²) in [5.41, 5.74) is 1.21. The molecular weight excluding hydrogens is 214 g/mol. The Labute approximate surface area is 105 Å². The third kappa shape index (κ3) is 5.89. The summed E-state index contributed by atoms with van der Waals surface area (Å²) in [5, 5.41) is 3.41. The average Bonchev–Trinajstić information content (AvgIpc) is 2.72. The van der Waals surface area contributed by atoms with Crippen molar-refractivity contribution in [3.63, 3.8) is 0 Å². The van der Waals surface area contributed by atoms with E-state index in [1.54, 1.807) is 6.26 Å². The Morgan fingerprint density at radius 3 is 2.94 bits per heavy atom. The van der Waals surface area contributed by atoms with E-state index in [9.17, 15) is 0 Å². The highest BCUT2D eigenvalue weighted by Gasteiger charge is 2.06. The van der Waals surface area contributed by atoms with E-state index >= 15 is 0 Å². The second kappa shape index (κ2) is 8.31. The first-order valence-corrected chi connectivity index (χ1v) is 6.57. The molecule has 0 fully saturated rings. The van der Waals surface area contributed by atoms with Crippen LogP contribution in [-0.2, 0) is 17.9 Å². The summed E-state index contributed by atoms with van der Waals surface area (Å²) in [5.74, 6) is 1.63. The van der Waals surface area contributed by atoms with Gasteiger partial charge in [-0.25, -0.2) is 0 Å². The Hall–Kier alpha value is -0.800. The zero-order chi connectivity index (χ0) is 12.5. The molecular formula is C14H25NO2. The fourth-order valence-corrected chi connectivity index (χ4v) is 1.56. The Balaban J connectivity index is 2.27. The third-order valence-corrected chi connectivity index (χ3v) is 2.58. The zero-order valence-electron chi connectivity index (χ0n) is 11.3. The number of furan rings is 1. The molecule has 1 N–H and O–H groups in total. The Bertz CT molecular complexity index is 294. The summed E-state index contributed by atoms with van der Waals surface area (Å²) >= 11 is 0. The molecule has 3 nitrogen and oxygen atoms in total. The Morgan fingerprint density at radius 1 is 1.41 bits per heavy atom. The molecule has 0 amide bonds. The zero-order valence-corrected chi connectivity index (χ0v) is 11.3. The van der Waals surface area contributed by atoms with Gasteiger partial charge in [0.25, 0.3) is 0 Å². The molecule has 0 saturated heterocycles. The van der Waals surface area contributed by atoms with Gasteiger partial charge in [-0.15, -0.1) is 0 Å². The van der Waals surface area contributed by atoms with Gasteiger partial charge in [0.05, 0.1) is 6.26 Å². The quantitative estimate of drug-likeness (QED) is 0.671. The molecule has 0 atom stereocenters. The van der Waals surface area contributed by atoms with E-state index in [4.69, 9.17) is 9.15 Å². The van der Waals surface area contributed by atoms with E-state index in [2.05, 4.69) is 26.1 Å². The van der Waals surface area contributed by atoms with Gasteiger partial charge in [0.15, 0.2) is 0 Å². The first kappa shape index (κ1) is 14.3. The number of rotatable bonds is 9. The summed E-state index contributed by atoms with van der Waals surface area (Å²) in [6.07, 6.45) is 4.02. The first-order chi connectivity index (χ1) is 8.24. The van der Waals surface area contributed by atoms with Crippen molar-refractivity contribution in [2.45, 2.75) is 46.8 Å². The maximum Gasteiger partial charge on any atom is 0.133 e. The second-order valence-electron chi connectivity index (χ2n) is 4.80. The van der Waals surface area contributed by atoms with Gasteiger partial charge in [-0.2, -0.15) is 0 Å². The van der Waals surface area contributed by atoms with Crippen LogP contribution in [-0.4, -0.2) is 13.2 Å². The predicted molar refractivity (Wildman–Crippen MR) is 69.8 cm³/mol. The normalized spacial score (nSPS) is 11.3. The lowest BCUT2D eigenvalue weighted by molar-refractivity contribution is 0.103. The SMILES string of the molecule is CCCCOCc1occc1CNCC(C)C. The minimum absolute atomic E-state index is 0.589. The molecule has 0 saturated carbocycles.